The largest absolute Gasteiger partial charge is 0.325 e. The number of nitrogens with one attached hydrogen (secondary N) is 1. The minimum absolute atomic E-state index is 0.0197. The van der Waals surface area contributed by atoms with Gasteiger partial charge in [0.15, 0.2) is 0 Å². The Hall–Kier alpha value is -1.18. The molecule has 2 rings (SSSR count). The third-order valence-corrected chi connectivity index (χ3v) is 4.06. The van der Waals surface area contributed by atoms with E-state index in [0.29, 0.717) is 16.3 Å². The van der Waals surface area contributed by atoms with Crippen LogP contribution in [0.5, 0.6) is 0 Å². The normalized spacial score (nSPS) is 18.7. The zero-order chi connectivity index (χ0) is 12.3. The Morgan fingerprint density at radius 3 is 3.06 bits per heavy atom. The first-order valence-corrected chi connectivity index (χ1v) is 6.82. The van der Waals surface area contributed by atoms with Crippen molar-refractivity contribution < 1.29 is 4.79 Å². The molecule has 3 nitrogen and oxygen atoms in total. The van der Waals surface area contributed by atoms with Gasteiger partial charge >= 0.3 is 0 Å². The number of amides is 1. The van der Waals surface area contributed by atoms with E-state index in [-0.39, 0.29) is 11.8 Å². The predicted octanol–water partition coefficient (Wildman–Crippen LogP) is 2.90. The zero-order valence-electron chi connectivity index (χ0n) is 9.07. The number of benzene rings is 1. The molecule has 1 N–H and O–H groups in total. The van der Waals surface area contributed by atoms with E-state index in [1.54, 1.807) is 30.0 Å². The molecule has 0 aliphatic carbocycles. The Morgan fingerprint density at radius 1 is 1.59 bits per heavy atom. The van der Waals surface area contributed by atoms with Crippen molar-refractivity contribution in [2.45, 2.75) is 6.42 Å². The topological polar surface area (TPSA) is 52.9 Å². The fraction of sp³-hybridized carbons (Fsp3) is 0.333. The molecule has 1 aromatic carbocycles. The summed E-state index contributed by atoms with van der Waals surface area (Å²) in [5.74, 6) is 1.91. The third-order valence-electron chi connectivity index (χ3n) is 2.66. The fourth-order valence-corrected chi connectivity index (χ4v) is 3.09. The van der Waals surface area contributed by atoms with E-state index >= 15 is 0 Å². The van der Waals surface area contributed by atoms with E-state index in [0.717, 1.165) is 17.9 Å². The number of hydrogen-bond donors (Lipinski definition) is 1. The predicted molar refractivity (Wildman–Crippen MR) is 70.2 cm³/mol. The van der Waals surface area contributed by atoms with Gasteiger partial charge in [-0.3, -0.25) is 4.79 Å². The lowest BCUT2D eigenvalue weighted by Crippen LogP contribution is -2.22. The van der Waals surface area contributed by atoms with Gasteiger partial charge in [0.1, 0.15) is 6.07 Å². The van der Waals surface area contributed by atoms with Crippen molar-refractivity contribution in [1.82, 2.24) is 0 Å². The molecule has 1 unspecified atom stereocenters. The van der Waals surface area contributed by atoms with E-state index < -0.39 is 0 Å². The van der Waals surface area contributed by atoms with Crippen molar-refractivity contribution in [2.24, 2.45) is 5.92 Å². The minimum atomic E-state index is -0.0197. The SMILES string of the molecule is N#Cc1ccc(Cl)cc1NC(=O)C1CCSC1. The van der Waals surface area contributed by atoms with E-state index in [2.05, 4.69) is 5.32 Å². The molecule has 1 aliphatic rings. The standard InChI is InChI=1S/C12H11ClN2OS/c13-10-2-1-8(6-14)11(5-10)15-12(16)9-3-4-17-7-9/h1-2,5,9H,3-4,7H2,(H,15,16). The number of anilines is 1. The lowest BCUT2D eigenvalue weighted by atomic mass is 10.1. The van der Waals surface area contributed by atoms with E-state index in [1.807, 2.05) is 6.07 Å². The monoisotopic (exact) mass is 266 g/mol. The Kier molecular flexibility index (Phi) is 3.93. The molecule has 1 aliphatic heterocycles. The quantitative estimate of drug-likeness (QED) is 0.895. The van der Waals surface area contributed by atoms with Crippen molar-refractivity contribution >= 4 is 35.0 Å². The summed E-state index contributed by atoms with van der Waals surface area (Å²) in [4.78, 5) is 11.9. The fourth-order valence-electron chi connectivity index (χ4n) is 1.69. The average Bonchev–Trinajstić information content (AvgIpc) is 2.83. The second-order valence-corrected chi connectivity index (χ2v) is 5.44. The number of nitrogens with zero attached hydrogens (tertiary/aromatic N) is 1. The third kappa shape index (κ3) is 2.93. The maximum Gasteiger partial charge on any atom is 0.228 e. The smallest absolute Gasteiger partial charge is 0.228 e. The summed E-state index contributed by atoms with van der Waals surface area (Å²) < 4.78 is 0. The van der Waals surface area contributed by atoms with Gasteiger partial charge in [-0.1, -0.05) is 11.6 Å². The van der Waals surface area contributed by atoms with Gasteiger partial charge in [0.2, 0.25) is 5.91 Å². The van der Waals surface area contributed by atoms with Crippen molar-refractivity contribution in [3.8, 4) is 6.07 Å². The van der Waals surface area contributed by atoms with Crippen LogP contribution in [0.1, 0.15) is 12.0 Å². The Labute approximate surface area is 109 Å². The lowest BCUT2D eigenvalue weighted by molar-refractivity contribution is -0.119. The lowest BCUT2D eigenvalue weighted by Gasteiger charge is -2.11. The summed E-state index contributed by atoms with van der Waals surface area (Å²) in [7, 11) is 0. The Bertz CT molecular complexity index is 478. The molecule has 0 radical (unpaired) electrons. The van der Waals surface area contributed by atoms with Crippen molar-refractivity contribution in [2.75, 3.05) is 16.8 Å². The minimum Gasteiger partial charge on any atom is -0.325 e. The van der Waals surface area contributed by atoms with Crippen LogP contribution in [0.25, 0.3) is 0 Å². The Balaban J connectivity index is 2.15. The van der Waals surface area contributed by atoms with Crippen LogP contribution >= 0.6 is 23.4 Å². The van der Waals surface area contributed by atoms with Gasteiger partial charge in [-0.05, 0) is 30.4 Å². The molecule has 1 aromatic rings. The number of nitriles is 1. The summed E-state index contributed by atoms with van der Waals surface area (Å²) in [6.07, 6.45) is 0.902. The molecule has 0 bridgehead atoms. The first kappa shape index (κ1) is 12.3. The first-order chi connectivity index (χ1) is 8.20. The first-order valence-electron chi connectivity index (χ1n) is 5.29. The molecular weight excluding hydrogens is 256 g/mol. The van der Waals surface area contributed by atoms with E-state index in [1.165, 1.54) is 0 Å². The molecule has 1 heterocycles. The van der Waals surface area contributed by atoms with Gasteiger partial charge in [0.25, 0.3) is 0 Å². The molecule has 0 saturated carbocycles. The van der Waals surface area contributed by atoms with Gasteiger partial charge in [-0.25, -0.2) is 0 Å². The van der Waals surface area contributed by atoms with Crippen LogP contribution in [0, 0.1) is 17.2 Å². The summed E-state index contributed by atoms with van der Waals surface area (Å²) in [6.45, 7) is 0. The van der Waals surface area contributed by atoms with E-state index in [9.17, 15) is 4.79 Å². The van der Waals surface area contributed by atoms with Gasteiger partial charge in [0.05, 0.1) is 11.3 Å². The molecule has 0 spiro atoms. The highest BCUT2D eigenvalue weighted by atomic mass is 35.5. The molecule has 17 heavy (non-hydrogen) atoms. The summed E-state index contributed by atoms with van der Waals surface area (Å²) in [5, 5.41) is 12.2. The van der Waals surface area contributed by atoms with Gasteiger partial charge in [-0.15, -0.1) is 0 Å². The molecule has 88 valence electrons. The average molecular weight is 267 g/mol. The van der Waals surface area contributed by atoms with Crippen molar-refractivity contribution in [3.05, 3.63) is 28.8 Å². The van der Waals surface area contributed by atoms with Crippen LogP contribution in [0.2, 0.25) is 5.02 Å². The number of rotatable bonds is 2. The summed E-state index contributed by atoms with van der Waals surface area (Å²) >= 11 is 7.63. The highest BCUT2D eigenvalue weighted by Gasteiger charge is 2.23. The van der Waals surface area contributed by atoms with Gasteiger partial charge in [-0.2, -0.15) is 17.0 Å². The Morgan fingerprint density at radius 2 is 2.41 bits per heavy atom. The number of halogens is 1. The van der Waals surface area contributed by atoms with Gasteiger partial charge in [0, 0.05) is 16.7 Å². The molecule has 1 fully saturated rings. The summed E-state index contributed by atoms with van der Waals surface area (Å²) in [6, 6.07) is 6.90. The molecular formula is C12H11ClN2OS. The van der Waals surface area contributed by atoms with Crippen LogP contribution < -0.4 is 5.32 Å². The van der Waals surface area contributed by atoms with Gasteiger partial charge < -0.3 is 5.32 Å². The van der Waals surface area contributed by atoms with Crippen molar-refractivity contribution in [1.29, 1.82) is 5.26 Å². The van der Waals surface area contributed by atoms with Crippen LogP contribution in [-0.2, 0) is 4.79 Å². The van der Waals surface area contributed by atoms with E-state index in [4.69, 9.17) is 16.9 Å². The molecule has 1 atom stereocenters. The molecule has 5 heteroatoms. The number of carbonyl (C=O) groups excluding carboxylic acids is 1. The van der Waals surface area contributed by atoms with Crippen LogP contribution in [-0.4, -0.2) is 17.4 Å². The van der Waals surface area contributed by atoms with Crippen molar-refractivity contribution in [3.63, 3.8) is 0 Å². The molecule has 0 aromatic heterocycles. The van der Waals surface area contributed by atoms with Crippen LogP contribution in [0.15, 0.2) is 18.2 Å². The number of hydrogen-bond acceptors (Lipinski definition) is 3. The second-order valence-electron chi connectivity index (χ2n) is 3.85. The number of carbonyl (C=O) groups is 1. The van der Waals surface area contributed by atoms with Crippen LogP contribution in [0.3, 0.4) is 0 Å². The number of thioether (sulfide) groups is 1. The molecule has 1 saturated heterocycles. The highest BCUT2D eigenvalue weighted by molar-refractivity contribution is 7.99. The second kappa shape index (κ2) is 5.44. The summed E-state index contributed by atoms with van der Waals surface area (Å²) in [5.41, 5.74) is 0.940. The molecule has 1 amide bonds. The maximum atomic E-state index is 11.9. The highest BCUT2D eigenvalue weighted by Crippen LogP contribution is 2.26. The maximum absolute atomic E-state index is 11.9. The zero-order valence-corrected chi connectivity index (χ0v) is 10.6. The van der Waals surface area contributed by atoms with Crippen LogP contribution in [0.4, 0.5) is 5.69 Å².